The average molecular weight is 658 g/mol. The number of quaternary nitrogens is 1. The van der Waals surface area contributed by atoms with Gasteiger partial charge in [-0.25, -0.2) is 0 Å². The van der Waals surface area contributed by atoms with Gasteiger partial charge in [0.05, 0.1) is 37.9 Å². The molecule has 3 atom stereocenters. The Hall–Kier alpha value is -2.27. The van der Waals surface area contributed by atoms with Gasteiger partial charge in [0.25, 0.3) is 0 Å². The summed E-state index contributed by atoms with van der Waals surface area (Å²) in [4.78, 5) is 14.4. The fraction of sp³-hybridized carbons (Fsp3) is 0.559. The number of aromatic amines is 1. The highest BCUT2D eigenvalue weighted by molar-refractivity contribution is 8.93. The number of ether oxygens (including phenoxy) is 1. The molecule has 0 spiro atoms. The summed E-state index contributed by atoms with van der Waals surface area (Å²) in [5.74, 6) is 0.834. The monoisotopic (exact) mass is 656 g/mol. The van der Waals surface area contributed by atoms with Crippen molar-refractivity contribution in [1.82, 2.24) is 10.3 Å². The second-order valence-corrected chi connectivity index (χ2v) is 13.0. The van der Waals surface area contributed by atoms with Gasteiger partial charge in [-0.2, -0.15) is 0 Å². The predicted molar refractivity (Wildman–Crippen MR) is 173 cm³/mol. The Labute approximate surface area is 264 Å². The fourth-order valence-electron chi connectivity index (χ4n) is 7.96. The molecule has 0 amide bonds. The number of phenolic OH excluding ortho intramolecular Hbond substituents is 1. The van der Waals surface area contributed by atoms with E-state index in [4.69, 9.17) is 4.74 Å². The number of benzene rings is 2. The minimum atomic E-state index is -0.919. The Morgan fingerprint density at radius 1 is 1.02 bits per heavy atom. The number of hydrogen-bond donors (Lipinski definition) is 5. The zero-order valence-corrected chi connectivity index (χ0v) is 26.6. The van der Waals surface area contributed by atoms with Crippen molar-refractivity contribution in [3.63, 3.8) is 0 Å². The number of aromatic nitrogens is 1. The molecule has 4 aliphatic rings. The van der Waals surface area contributed by atoms with Gasteiger partial charge < -0.3 is 34.8 Å². The standard InChI is InChI=1S/C34H45N3O5.BrH/c38-29-13-11-27(28-12-14-32(40)36-33(28)29)30(39)21-35-17-6-18-37-19-15-24(16-20-37)31(22-37)42-23-34(41,26-9-4-5-10-26)25-7-2-1-3-8-25;/h1-3,7-8,11-14,24,26,30-31,35,39,41H,4-6,9-10,15-23H2,(H-,36,38,40);1H/p+1/t24?,30-,31-,34+,37?;/m0./s1. The minimum absolute atomic E-state index is 0. The maximum Gasteiger partial charge on any atom is 0.248 e. The van der Waals surface area contributed by atoms with E-state index in [0.717, 1.165) is 48.9 Å². The van der Waals surface area contributed by atoms with E-state index in [1.807, 2.05) is 18.2 Å². The van der Waals surface area contributed by atoms with Gasteiger partial charge >= 0.3 is 0 Å². The zero-order valence-electron chi connectivity index (χ0n) is 24.9. The van der Waals surface area contributed by atoms with E-state index >= 15 is 0 Å². The minimum Gasteiger partial charge on any atom is -0.506 e. The molecule has 234 valence electrons. The van der Waals surface area contributed by atoms with E-state index in [9.17, 15) is 20.1 Å². The van der Waals surface area contributed by atoms with Gasteiger partial charge in [0.2, 0.25) is 5.56 Å². The summed E-state index contributed by atoms with van der Waals surface area (Å²) in [6.07, 6.45) is 7.29. The quantitative estimate of drug-likeness (QED) is 0.145. The third-order valence-corrected chi connectivity index (χ3v) is 10.5. The van der Waals surface area contributed by atoms with Gasteiger partial charge in [-0.05, 0) is 42.0 Å². The van der Waals surface area contributed by atoms with Crippen LogP contribution in [0.4, 0.5) is 0 Å². The van der Waals surface area contributed by atoms with Crippen molar-refractivity contribution in [3.05, 3.63) is 76.1 Å². The van der Waals surface area contributed by atoms with Crippen LogP contribution in [0.25, 0.3) is 10.9 Å². The molecular formula is C34H47BrN3O5+. The Bertz CT molecular complexity index is 1400. The largest absolute Gasteiger partial charge is 0.506 e. The number of fused-ring (bicyclic) bond motifs is 4. The number of pyridine rings is 1. The third-order valence-electron chi connectivity index (χ3n) is 10.5. The lowest BCUT2D eigenvalue weighted by molar-refractivity contribution is -0.946. The van der Waals surface area contributed by atoms with Crippen LogP contribution in [0.2, 0.25) is 0 Å². The summed E-state index contributed by atoms with van der Waals surface area (Å²) in [7, 11) is 0. The lowest BCUT2D eigenvalue weighted by Crippen LogP contribution is -2.65. The van der Waals surface area contributed by atoms with Gasteiger partial charge in [-0.3, -0.25) is 4.79 Å². The molecule has 0 unspecified atom stereocenters. The van der Waals surface area contributed by atoms with Crippen molar-refractivity contribution in [2.45, 2.75) is 62.8 Å². The van der Waals surface area contributed by atoms with Gasteiger partial charge in [0.15, 0.2) is 0 Å². The van der Waals surface area contributed by atoms with Crippen molar-refractivity contribution >= 4 is 27.9 Å². The number of aliphatic hydroxyl groups is 2. The van der Waals surface area contributed by atoms with E-state index in [-0.39, 0.29) is 40.3 Å². The lowest BCUT2D eigenvalue weighted by Gasteiger charge is -2.53. The fourth-order valence-corrected chi connectivity index (χ4v) is 7.96. The highest BCUT2D eigenvalue weighted by atomic mass is 79.9. The summed E-state index contributed by atoms with van der Waals surface area (Å²) in [5.41, 5.74) is 0.816. The van der Waals surface area contributed by atoms with Crippen LogP contribution in [0, 0.1) is 11.8 Å². The number of phenols is 1. The van der Waals surface area contributed by atoms with Gasteiger partial charge in [-0.1, -0.05) is 49.2 Å². The Morgan fingerprint density at radius 3 is 2.51 bits per heavy atom. The van der Waals surface area contributed by atoms with Crippen LogP contribution in [-0.4, -0.2) is 76.8 Å². The van der Waals surface area contributed by atoms with Crippen LogP contribution in [0.15, 0.2) is 59.4 Å². The van der Waals surface area contributed by atoms with Crippen molar-refractivity contribution in [2.75, 3.05) is 45.9 Å². The number of nitrogens with one attached hydrogen (secondary N) is 2. The van der Waals surface area contributed by atoms with Crippen LogP contribution in [0.1, 0.15) is 62.2 Å². The smallest absolute Gasteiger partial charge is 0.248 e. The first kappa shape index (κ1) is 32.1. The average Bonchev–Trinajstić information content (AvgIpc) is 3.57. The van der Waals surface area contributed by atoms with Crippen LogP contribution in [-0.2, 0) is 10.3 Å². The molecule has 5 N–H and O–H groups in total. The molecule has 1 saturated carbocycles. The molecule has 9 heteroatoms. The number of H-pyrrole nitrogens is 1. The van der Waals surface area contributed by atoms with Crippen LogP contribution >= 0.6 is 17.0 Å². The number of nitrogens with zero attached hydrogens (tertiary/aromatic N) is 1. The number of hydrogen-bond acceptors (Lipinski definition) is 6. The highest BCUT2D eigenvalue weighted by Gasteiger charge is 2.48. The van der Waals surface area contributed by atoms with Gasteiger partial charge in [0.1, 0.15) is 24.0 Å². The molecule has 3 aromatic rings. The second kappa shape index (κ2) is 13.8. The maximum atomic E-state index is 12.0. The summed E-state index contributed by atoms with van der Waals surface area (Å²) in [6, 6.07) is 16.4. The Kier molecular flexibility index (Phi) is 10.3. The van der Waals surface area contributed by atoms with Crippen molar-refractivity contribution in [3.8, 4) is 5.75 Å². The van der Waals surface area contributed by atoms with Crippen LogP contribution in [0.5, 0.6) is 5.75 Å². The summed E-state index contributed by atoms with van der Waals surface area (Å²) < 4.78 is 7.76. The van der Waals surface area contributed by atoms with Gasteiger partial charge in [0, 0.05) is 49.7 Å². The summed E-state index contributed by atoms with van der Waals surface area (Å²) >= 11 is 0. The number of piperidine rings is 3. The molecule has 3 saturated heterocycles. The molecule has 4 fully saturated rings. The van der Waals surface area contributed by atoms with Crippen LogP contribution < -0.4 is 10.9 Å². The maximum absolute atomic E-state index is 12.0. The number of aliphatic hydroxyl groups excluding tert-OH is 1. The zero-order chi connectivity index (χ0) is 29.2. The molecule has 3 aliphatic heterocycles. The molecular weight excluding hydrogens is 610 g/mol. The van der Waals surface area contributed by atoms with Gasteiger partial charge in [-0.15, -0.1) is 17.0 Å². The van der Waals surface area contributed by atoms with E-state index in [0.29, 0.717) is 35.5 Å². The third kappa shape index (κ3) is 6.87. The predicted octanol–water partition coefficient (Wildman–Crippen LogP) is 4.53. The van der Waals surface area contributed by atoms with E-state index in [1.165, 1.54) is 50.9 Å². The summed E-state index contributed by atoms with van der Waals surface area (Å²) in [5, 5.41) is 37.0. The highest BCUT2D eigenvalue weighted by Crippen LogP contribution is 2.42. The first-order chi connectivity index (χ1) is 20.4. The van der Waals surface area contributed by atoms with Crippen molar-refractivity contribution in [2.24, 2.45) is 11.8 Å². The molecule has 2 bridgehead atoms. The van der Waals surface area contributed by atoms with E-state index < -0.39 is 11.7 Å². The molecule has 4 heterocycles. The SMILES string of the molecule is Br.O=c1ccc2c([C@@H](O)CNCCC[N+]34CCC(CC3)[C@@H](OC[C@@](O)(c3ccccc3)C3CCCC3)C4)ccc(O)c2[nH]1. The molecule has 43 heavy (non-hydrogen) atoms. The first-order valence-corrected chi connectivity index (χ1v) is 15.9. The Balaban J connectivity index is 0.00000368. The van der Waals surface area contributed by atoms with Crippen molar-refractivity contribution < 1.29 is 24.5 Å². The second-order valence-electron chi connectivity index (χ2n) is 13.0. The number of aromatic hydroxyl groups is 1. The topological polar surface area (TPSA) is 115 Å². The van der Waals surface area contributed by atoms with Crippen molar-refractivity contribution in [1.29, 1.82) is 0 Å². The molecule has 1 aliphatic carbocycles. The lowest BCUT2D eigenvalue weighted by atomic mass is 9.80. The van der Waals surface area contributed by atoms with E-state index in [2.05, 4.69) is 22.4 Å². The molecule has 7 rings (SSSR count). The molecule has 2 aromatic carbocycles. The van der Waals surface area contributed by atoms with E-state index in [1.54, 1.807) is 12.1 Å². The normalized spacial score (nSPS) is 25.8. The molecule has 1 aromatic heterocycles. The number of halogens is 1. The molecule has 0 radical (unpaired) electrons. The summed E-state index contributed by atoms with van der Waals surface area (Å²) in [6.45, 7) is 6.04. The van der Waals surface area contributed by atoms with Crippen LogP contribution in [0.3, 0.4) is 0 Å². The first-order valence-electron chi connectivity index (χ1n) is 15.9. The Morgan fingerprint density at radius 2 is 1.77 bits per heavy atom. The molecule has 8 nitrogen and oxygen atoms in total. The number of rotatable bonds is 12.